The zero-order chi connectivity index (χ0) is 13.0. The lowest BCUT2D eigenvalue weighted by atomic mass is 10.1. The minimum atomic E-state index is 0.536. The molecule has 1 N–H and O–H groups in total. The van der Waals surface area contributed by atoms with E-state index >= 15 is 0 Å². The number of hydrogen-bond donors (Lipinski definition) is 1. The molecule has 18 heavy (non-hydrogen) atoms. The molecule has 1 fully saturated rings. The van der Waals surface area contributed by atoms with Gasteiger partial charge in [-0.05, 0) is 43.2 Å². The molecule has 0 radical (unpaired) electrons. The zero-order valence-electron chi connectivity index (χ0n) is 11.5. The van der Waals surface area contributed by atoms with Gasteiger partial charge in [-0.2, -0.15) is 0 Å². The van der Waals surface area contributed by atoms with Crippen LogP contribution in [0, 0.1) is 0 Å². The topological polar surface area (TPSA) is 55.6 Å². The maximum atomic E-state index is 4.18. The van der Waals surface area contributed by atoms with Gasteiger partial charge in [-0.1, -0.05) is 32.0 Å². The van der Waals surface area contributed by atoms with Crippen LogP contribution in [0.5, 0.6) is 0 Å². The van der Waals surface area contributed by atoms with E-state index < -0.39 is 0 Å². The zero-order valence-corrected chi connectivity index (χ0v) is 12.3. The Morgan fingerprint density at radius 3 is 2.78 bits per heavy atom. The number of nitrogens with one attached hydrogen (secondary N) is 1. The maximum absolute atomic E-state index is 4.18. The summed E-state index contributed by atoms with van der Waals surface area (Å²) in [5, 5.41) is 17.1. The highest BCUT2D eigenvalue weighted by molar-refractivity contribution is 7.99. The smallest absolute Gasteiger partial charge is 0.209 e. The van der Waals surface area contributed by atoms with Crippen molar-refractivity contribution in [2.24, 2.45) is 0 Å². The van der Waals surface area contributed by atoms with Crippen LogP contribution in [0.1, 0.15) is 52.0 Å². The minimum absolute atomic E-state index is 0.536. The lowest BCUT2D eigenvalue weighted by molar-refractivity contribution is 0.487. The molecule has 0 spiro atoms. The number of nitrogens with zero attached hydrogens (tertiary/aromatic N) is 4. The predicted octanol–water partition coefficient (Wildman–Crippen LogP) is 2.27. The van der Waals surface area contributed by atoms with Gasteiger partial charge in [0.1, 0.15) is 0 Å². The van der Waals surface area contributed by atoms with Crippen LogP contribution < -0.4 is 5.32 Å². The Morgan fingerprint density at radius 1 is 1.44 bits per heavy atom. The third kappa shape index (κ3) is 3.23. The van der Waals surface area contributed by atoms with Crippen LogP contribution in [0.15, 0.2) is 5.16 Å². The van der Waals surface area contributed by atoms with E-state index in [-0.39, 0.29) is 0 Å². The highest BCUT2D eigenvalue weighted by atomic mass is 32.2. The molecule has 2 rings (SSSR count). The van der Waals surface area contributed by atoms with Crippen molar-refractivity contribution in [2.45, 2.75) is 68.4 Å². The van der Waals surface area contributed by atoms with Gasteiger partial charge in [-0.15, -0.1) is 5.10 Å². The Hall–Kier alpha value is -0.620. The summed E-state index contributed by atoms with van der Waals surface area (Å²) in [7, 11) is 2.05. The standard InChI is InChI=1S/C12H23N5S/c1-4-6-10(13-3)11(5-2)18-12-14-15-16-17(12)9-7-8-9/h9-11,13H,4-8H2,1-3H3. The first-order valence-corrected chi connectivity index (χ1v) is 7.79. The summed E-state index contributed by atoms with van der Waals surface area (Å²) >= 11 is 1.83. The van der Waals surface area contributed by atoms with Crippen LogP contribution in [0.3, 0.4) is 0 Å². The van der Waals surface area contributed by atoms with Crippen LogP contribution in [-0.2, 0) is 0 Å². The first-order chi connectivity index (χ1) is 8.80. The van der Waals surface area contributed by atoms with Crippen molar-refractivity contribution in [3.8, 4) is 0 Å². The molecule has 1 saturated carbocycles. The van der Waals surface area contributed by atoms with Crippen LogP contribution in [0.4, 0.5) is 0 Å². The van der Waals surface area contributed by atoms with Crippen molar-refractivity contribution in [3.05, 3.63) is 0 Å². The molecule has 0 aromatic carbocycles. The van der Waals surface area contributed by atoms with Crippen molar-refractivity contribution in [1.82, 2.24) is 25.5 Å². The highest BCUT2D eigenvalue weighted by Crippen LogP contribution is 2.38. The molecule has 2 atom stereocenters. The van der Waals surface area contributed by atoms with Crippen LogP contribution in [0.25, 0.3) is 0 Å². The summed E-state index contributed by atoms with van der Waals surface area (Å²) < 4.78 is 2.01. The second kappa shape index (κ2) is 6.52. The number of thioether (sulfide) groups is 1. The van der Waals surface area contributed by atoms with Crippen LogP contribution in [-0.4, -0.2) is 38.5 Å². The number of rotatable bonds is 8. The van der Waals surface area contributed by atoms with Gasteiger partial charge < -0.3 is 5.32 Å². The Bertz CT molecular complexity index is 363. The molecule has 1 aromatic rings. The Labute approximate surface area is 113 Å². The molecule has 6 heteroatoms. The quantitative estimate of drug-likeness (QED) is 0.734. The van der Waals surface area contributed by atoms with E-state index in [1.807, 2.05) is 23.5 Å². The summed E-state index contributed by atoms with van der Waals surface area (Å²) in [6.45, 7) is 4.47. The van der Waals surface area contributed by atoms with Gasteiger partial charge in [0.05, 0.1) is 6.04 Å². The molecule has 5 nitrogen and oxygen atoms in total. The SMILES string of the molecule is CCCC(NC)C(CC)Sc1nnnn1C1CC1. The van der Waals surface area contributed by atoms with Gasteiger partial charge in [0.15, 0.2) is 0 Å². The van der Waals surface area contributed by atoms with Crippen molar-refractivity contribution in [2.75, 3.05) is 7.05 Å². The van der Waals surface area contributed by atoms with Gasteiger partial charge in [0, 0.05) is 11.3 Å². The fraction of sp³-hybridized carbons (Fsp3) is 0.917. The van der Waals surface area contributed by atoms with Crippen molar-refractivity contribution < 1.29 is 0 Å². The average Bonchev–Trinajstić information content (AvgIpc) is 3.13. The molecule has 1 aliphatic carbocycles. The third-order valence-corrected chi connectivity index (χ3v) is 4.88. The van der Waals surface area contributed by atoms with E-state index in [0.717, 1.165) is 11.6 Å². The van der Waals surface area contributed by atoms with Gasteiger partial charge in [0.2, 0.25) is 5.16 Å². The van der Waals surface area contributed by atoms with Crippen molar-refractivity contribution >= 4 is 11.8 Å². The second-order valence-electron chi connectivity index (χ2n) is 4.89. The van der Waals surface area contributed by atoms with Crippen LogP contribution >= 0.6 is 11.8 Å². The summed E-state index contributed by atoms with van der Waals surface area (Å²) in [4.78, 5) is 0. The summed E-state index contributed by atoms with van der Waals surface area (Å²) in [6, 6.07) is 1.09. The Balaban J connectivity index is 2.01. The summed E-state index contributed by atoms with van der Waals surface area (Å²) in [5.74, 6) is 0. The molecule has 1 aliphatic rings. The van der Waals surface area contributed by atoms with E-state index in [1.165, 1.54) is 25.7 Å². The maximum Gasteiger partial charge on any atom is 0.209 e. The third-order valence-electron chi connectivity index (χ3n) is 3.43. The number of hydrogen-bond acceptors (Lipinski definition) is 5. The molecule has 0 bridgehead atoms. The lowest BCUT2D eigenvalue weighted by Gasteiger charge is -2.24. The van der Waals surface area contributed by atoms with Gasteiger partial charge in [0.25, 0.3) is 0 Å². The first-order valence-electron chi connectivity index (χ1n) is 6.91. The summed E-state index contributed by atoms with van der Waals surface area (Å²) in [6.07, 6.45) is 5.98. The predicted molar refractivity (Wildman–Crippen MR) is 73.8 cm³/mol. The van der Waals surface area contributed by atoms with E-state index in [4.69, 9.17) is 0 Å². The summed E-state index contributed by atoms with van der Waals surface area (Å²) in [5.41, 5.74) is 0. The van der Waals surface area contributed by atoms with E-state index in [1.54, 1.807) is 0 Å². The Kier molecular flexibility index (Phi) is 5.00. The Morgan fingerprint density at radius 2 is 2.22 bits per heavy atom. The molecule has 1 heterocycles. The molecular weight excluding hydrogens is 246 g/mol. The van der Waals surface area contributed by atoms with E-state index in [9.17, 15) is 0 Å². The van der Waals surface area contributed by atoms with Gasteiger partial charge >= 0.3 is 0 Å². The molecule has 2 unspecified atom stereocenters. The lowest BCUT2D eigenvalue weighted by Crippen LogP contribution is -2.35. The fourth-order valence-corrected chi connectivity index (χ4v) is 3.47. The first kappa shape index (κ1) is 13.8. The minimum Gasteiger partial charge on any atom is -0.316 e. The fourth-order valence-electron chi connectivity index (χ4n) is 2.22. The average molecular weight is 269 g/mol. The normalized spacial score (nSPS) is 18.8. The van der Waals surface area contributed by atoms with Crippen molar-refractivity contribution in [3.63, 3.8) is 0 Å². The molecule has 1 aromatic heterocycles. The number of aromatic nitrogens is 4. The van der Waals surface area contributed by atoms with E-state index in [2.05, 4.69) is 34.7 Å². The van der Waals surface area contributed by atoms with Gasteiger partial charge in [-0.3, -0.25) is 0 Å². The largest absolute Gasteiger partial charge is 0.316 e. The van der Waals surface area contributed by atoms with Crippen LogP contribution in [0.2, 0.25) is 0 Å². The molecule has 0 saturated heterocycles. The van der Waals surface area contributed by atoms with Crippen molar-refractivity contribution in [1.29, 1.82) is 0 Å². The molecular formula is C12H23N5S. The van der Waals surface area contributed by atoms with E-state index in [0.29, 0.717) is 17.3 Å². The monoisotopic (exact) mass is 269 g/mol. The number of tetrazole rings is 1. The molecule has 0 aliphatic heterocycles. The molecule has 102 valence electrons. The van der Waals surface area contributed by atoms with Gasteiger partial charge in [-0.25, -0.2) is 4.68 Å². The second-order valence-corrected chi connectivity index (χ2v) is 6.09. The molecule has 0 amide bonds. The highest BCUT2D eigenvalue weighted by Gasteiger charge is 2.30.